The van der Waals surface area contributed by atoms with Crippen molar-refractivity contribution >= 4 is 22.4 Å². The van der Waals surface area contributed by atoms with Gasteiger partial charge in [0.25, 0.3) is 0 Å². The Morgan fingerprint density at radius 2 is 2.00 bits per heavy atom. The molecule has 0 aliphatic heterocycles. The van der Waals surface area contributed by atoms with Gasteiger partial charge in [-0.25, -0.2) is 4.68 Å². The molecule has 1 heterocycles. The average Bonchev–Trinajstić information content (AvgIpc) is 3.13. The van der Waals surface area contributed by atoms with Crippen LogP contribution >= 0.6 is 11.6 Å². The fourth-order valence-corrected chi connectivity index (χ4v) is 3.14. The summed E-state index contributed by atoms with van der Waals surface area (Å²) in [6.07, 6.45) is 2.23. The Kier molecular flexibility index (Phi) is 3.61. The molecule has 1 aliphatic rings. The largest absolute Gasteiger partial charge is 0.259 e. The summed E-state index contributed by atoms with van der Waals surface area (Å²) in [6, 6.07) is 7.82. The maximum absolute atomic E-state index is 12.1. The number of hydrogen-bond donors (Lipinski definition) is 0. The van der Waals surface area contributed by atoms with Gasteiger partial charge in [-0.3, -0.25) is 4.21 Å². The smallest absolute Gasteiger partial charge is 0.164 e. The zero-order valence-electron chi connectivity index (χ0n) is 10.2. The summed E-state index contributed by atoms with van der Waals surface area (Å²) >= 11 is 5.82. The van der Waals surface area contributed by atoms with Gasteiger partial charge in [-0.1, -0.05) is 23.7 Å². The lowest BCUT2D eigenvalue weighted by molar-refractivity contribution is 0.591. The molecule has 1 aromatic heterocycles. The molecule has 7 heteroatoms. The van der Waals surface area contributed by atoms with E-state index in [-0.39, 0.29) is 0 Å². The summed E-state index contributed by atoms with van der Waals surface area (Å²) in [4.78, 5) is 0. The van der Waals surface area contributed by atoms with Crippen LogP contribution < -0.4 is 0 Å². The molecule has 0 amide bonds. The highest BCUT2D eigenvalue weighted by Gasteiger charge is 2.28. The van der Waals surface area contributed by atoms with Gasteiger partial charge in [0.1, 0.15) is 0 Å². The molecule has 1 aromatic carbocycles. The Balaban J connectivity index is 1.64. The van der Waals surface area contributed by atoms with Gasteiger partial charge in [-0.05, 0) is 41.0 Å². The molecule has 0 saturated heterocycles. The van der Waals surface area contributed by atoms with Crippen LogP contribution in [-0.2, 0) is 22.3 Å². The van der Waals surface area contributed by atoms with Gasteiger partial charge >= 0.3 is 0 Å². The molecule has 0 radical (unpaired) electrons. The predicted octanol–water partition coefficient (Wildman–Crippen LogP) is 2.11. The highest BCUT2D eigenvalue weighted by atomic mass is 35.5. The molecule has 1 fully saturated rings. The van der Waals surface area contributed by atoms with Crippen molar-refractivity contribution in [3.63, 3.8) is 0 Å². The molecular formula is C12H13ClN4OS. The molecule has 100 valence electrons. The predicted molar refractivity (Wildman–Crippen MR) is 73.1 cm³/mol. The van der Waals surface area contributed by atoms with Gasteiger partial charge in [-0.15, -0.1) is 5.10 Å². The number of hydrogen-bond acceptors (Lipinski definition) is 4. The maximum atomic E-state index is 12.1. The lowest BCUT2D eigenvalue weighted by Crippen LogP contribution is -2.08. The Bertz CT molecular complexity index is 594. The van der Waals surface area contributed by atoms with Crippen LogP contribution in [0.25, 0.3) is 0 Å². The van der Waals surface area contributed by atoms with Crippen LogP contribution in [0.4, 0.5) is 0 Å². The monoisotopic (exact) mass is 296 g/mol. The summed E-state index contributed by atoms with van der Waals surface area (Å²) in [5.41, 5.74) is 1.01. The van der Waals surface area contributed by atoms with Gasteiger partial charge in [0, 0.05) is 21.6 Å². The molecule has 2 aromatic rings. The van der Waals surface area contributed by atoms with Crippen molar-refractivity contribution in [1.29, 1.82) is 0 Å². The van der Waals surface area contributed by atoms with Gasteiger partial charge < -0.3 is 0 Å². The molecule has 0 spiro atoms. The van der Waals surface area contributed by atoms with E-state index in [1.54, 1.807) is 4.68 Å². The molecular weight excluding hydrogens is 284 g/mol. The third-order valence-corrected chi connectivity index (χ3v) is 4.47. The first-order valence-corrected chi connectivity index (χ1v) is 7.95. The van der Waals surface area contributed by atoms with Gasteiger partial charge in [-0.2, -0.15) is 0 Å². The molecule has 0 N–H and O–H groups in total. The van der Waals surface area contributed by atoms with Gasteiger partial charge in [0.2, 0.25) is 0 Å². The van der Waals surface area contributed by atoms with Crippen LogP contribution in [-0.4, -0.2) is 24.4 Å². The zero-order chi connectivity index (χ0) is 13.2. The van der Waals surface area contributed by atoms with Crippen molar-refractivity contribution in [2.75, 3.05) is 0 Å². The van der Waals surface area contributed by atoms with E-state index < -0.39 is 10.8 Å². The number of nitrogens with zero attached hydrogens (tertiary/aromatic N) is 4. The van der Waals surface area contributed by atoms with E-state index in [0.717, 1.165) is 24.2 Å². The molecule has 5 nitrogen and oxygen atoms in total. The third-order valence-electron chi connectivity index (χ3n) is 2.98. The number of tetrazole rings is 1. The van der Waals surface area contributed by atoms with E-state index in [2.05, 4.69) is 15.5 Å². The number of halogens is 1. The summed E-state index contributed by atoms with van der Waals surface area (Å²) in [6.45, 7) is 0. The molecule has 1 unspecified atom stereocenters. The Labute approximate surface area is 118 Å². The first kappa shape index (κ1) is 12.7. The van der Waals surface area contributed by atoms with Crippen LogP contribution in [0.3, 0.4) is 0 Å². The standard InChI is InChI=1S/C12H13ClN4OS/c13-10-3-1-9(2-4-10)7-19(18)8-12-14-15-16-17(12)11-5-6-11/h1-4,11H,5-8H2. The third kappa shape index (κ3) is 3.19. The number of benzene rings is 1. The fraction of sp³-hybridized carbons (Fsp3) is 0.417. The minimum absolute atomic E-state index is 0.395. The minimum atomic E-state index is -1.01. The number of rotatable bonds is 5. The van der Waals surface area contributed by atoms with Crippen molar-refractivity contribution in [2.24, 2.45) is 0 Å². The highest BCUT2D eigenvalue weighted by Crippen LogP contribution is 2.34. The molecule has 19 heavy (non-hydrogen) atoms. The molecule has 1 atom stereocenters. The maximum Gasteiger partial charge on any atom is 0.164 e. The van der Waals surface area contributed by atoms with E-state index in [0.29, 0.717) is 22.6 Å². The van der Waals surface area contributed by atoms with E-state index in [1.807, 2.05) is 24.3 Å². The Hall–Kier alpha value is -1.27. The van der Waals surface area contributed by atoms with E-state index >= 15 is 0 Å². The molecule has 0 bridgehead atoms. The SMILES string of the molecule is O=S(Cc1ccc(Cl)cc1)Cc1nnnn1C1CC1. The second-order valence-corrected chi connectivity index (χ2v) is 6.52. The normalized spacial score (nSPS) is 16.5. The molecule has 3 rings (SSSR count). The summed E-state index contributed by atoms with van der Waals surface area (Å²) in [7, 11) is -1.01. The van der Waals surface area contributed by atoms with Gasteiger partial charge in [0.05, 0.1) is 11.8 Å². The fourth-order valence-electron chi connectivity index (χ4n) is 1.87. The van der Waals surface area contributed by atoms with Crippen molar-refractivity contribution in [2.45, 2.75) is 30.4 Å². The first-order chi connectivity index (χ1) is 9.22. The Morgan fingerprint density at radius 1 is 1.26 bits per heavy atom. The summed E-state index contributed by atoms with van der Waals surface area (Å²) in [5, 5.41) is 12.3. The van der Waals surface area contributed by atoms with Crippen LogP contribution in [0.5, 0.6) is 0 Å². The summed E-state index contributed by atoms with van der Waals surface area (Å²) in [5.74, 6) is 1.61. The van der Waals surface area contributed by atoms with Crippen molar-refractivity contribution in [1.82, 2.24) is 20.2 Å². The average molecular weight is 297 g/mol. The van der Waals surface area contributed by atoms with Crippen LogP contribution in [0.2, 0.25) is 5.02 Å². The zero-order valence-corrected chi connectivity index (χ0v) is 11.8. The van der Waals surface area contributed by atoms with Crippen LogP contribution in [0.15, 0.2) is 24.3 Å². The number of aromatic nitrogens is 4. The second-order valence-electron chi connectivity index (χ2n) is 4.63. The van der Waals surface area contributed by atoms with Crippen molar-refractivity contribution in [3.8, 4) is 0 Å². The minimum Gasteiger partial charge on any atom is -0.259 e. The lowest BCUT2D eigenvalue weighted by Gasteiger charge is -2.03. The van der Waals surface area contributed by atoms with Crippen molar-refractivity contribution in [3.05, 3.63) is 40.7 Å². The van der Waals surface area contributed by atoms with E-state index in [1.165, 1.54) is 0 Å². The molecule has 1 aliphatic carbocycles. The van der Waals surface area contributed by atoms with Crippen molar-refractivity contribution < 1.29 is 4.21 Å². The van der Waals surface area contributed by atoms with E-state index in [4.69, 9.17) is 11.6 Å². The van der Waals surface area contributed by atoms with Crippen LogP contribution in [0, 0.1) is 0 Å². The highest BCUT2D eigenvalue weighted by molar-refractivity contribution is 7.83. The Morgan fingerprint density at radius 3 is 2.68 bits per heavy atom. The topological polar surface area (TPSA) is 60.7 Å². The first-order valence-electron chi connectivity index (χ1n) is 6.08. The van der Waals surface area contributed by atoms with Gasteiger partial charge in [0.15, 0.2) is 5.82 Å². The summed E-state index contributed by atoms with van der Waals surface area (Å²) < 4.78 is 13.9. The lowest BCUT2D eigenvalue weighted by atomic mass is 10.2. The van der Waals surface area contributed by atoms with E-state index in [9.17, 15) is 4.21 Å². The van der Waals surface area contributed by atoms with Crippen LogP contribution in [0.1, 0.15) is 30.3 Å². The quantitative estimate of drug-likeness (QED) is 0.848. The second kappa shape index (κ2) is 5.38. The molecule has 1 saturated carbocycles.